The van der Waals surface area contributed by atoms with Gasteiger partial charge in [-0.3, -0.25) is 0 Å². The number of rotatable bonds is 3. The highest BCUT2D eigenvalue weighted by Gasteiger charge is 2.17. The third-order valence-electron chi connectivity index (χ3n) is 3.36. The van der Waals surface area contributed by atoms with Crippen molar-refractivity contribution in [3.05, 3.63) is 24.3 Å². The summed E-state index contributed by atoms with van der Waals surface area (Å²) in [7, 11) is 0. The van der Waals surface area contributed by atoms with Crippen LogP contribution >= 0.6 is 0 Å². The topological polar surface area (TPSA) is 18.5 Å². The quantitative estimate of drug-likeness (QED) is 0.683. The summed E-state index contributed by atoms with van der Waals surface area (Å²) >= 11 is 0. The second-order valence-corrected chi connectivity index (χ2v) is 4.94. The van der Waals surface area contributed by atoms with Gasteiger partial charge in [0, 0.05) is 11.8 Å². The highest BCUT2D eigenvalue weighted by Crippen LogP contribution is 2.22. The summed E-state index contributed by atoms with van der Waals surface area (Å²) in [6.07, 6.45) is 12.0. The van der Waals surface area contributed by atoms with Crippen LogP contribution in [0.2, 0.25) is 0 Å². The van der Waals surface area contributed by atoms with Crippen LogP contribution in [0, 0.1) is 11.8 Å². The Morgan fingerprint density at radius 1 is 0.812 bits per heavy atom. The molecule has 0 saturated carbocycles. The van der Waals surface area contributed by atoms with E-state index in [-0.39, 0.29) is 0 Å². The maximum atomic E-state index is 5.61. The summed E-state index contributed by atoms with van der Waals surface area (Å²) in [6.45, 7) is 5.94. The van der Waals surface area contributed by atoms with Gasteiger partial charge in [-0.15, -0.1) is 0 Å². The van der Waals surface area contributed by atoms with Crippen molar-refractivity contribution < 1.29 is 9.47 Å². The highest BCUT2D eigenvalue weighted by molar-refractivity contribution is 4.99. The van der Waals surface area contributed by atoms with Crippen molar-refractivity contribution in [3.63, 3.8) is 0 Å². The van der Waals surface area contributed by atoms with Crippen molar-refractivity contribution in [2.75, 3.05) is 13.2 Å². The average Bonchev–Trinajstić information content (AvgIpc) is 2.30. The van der Waals surface area contributed by atoms with Gasteiger partial charge < -0.3 is 9.47 Å². The Hall–Kier alpha value is -0.600. The van der Waals surface area contributed by atoms with Crippen LogP contribution < -0.4 is 0 Å². The standard InChI is InChI=1S/C14H22O2/c1-11-3-5-13(9-15-11)7-8-14-6-4-12(2)16-10-14/h3-6,11-14H,7-10H2,1-2H3. The van der Waals surface area contributed by atoms with E-state index in [1.54, 1.807) is 0 Å². The van der Waals surface area contributed by atoms with Crippen molar-refractivity contribution >= 4 is 0 Å². The molecule has 0 spiro atoms. The lowest BCUT2D eigenvalue weighted by molar-refractivity contribution is 0.0510. The van der Waals surface area contributed by atoms with E-state index in [1.165, 1.54) is 12.8 Å². The van der Waals surface area contributed by atoms with Crippen LogP contribution in [0.15, 0.2) is 24.3 Å². The van der Waals surface area contributed by atoms with Crippen molar-refractivity contribution in [1.29, 1.82) is 0 Å². The Morgan fingerprint density at radius 2 is 1.25 bits per heavy atom. The molecule has 0 N–H and O–H groups in total. The fourth-order valence-corrected chi connectivity index (χ4v) is 2.19. The van der Waals surface area contributed by atoms with E-state index in [1.807, 2.05) is 0 Å². The van der Waals surface area contributed by atoms with Gasteiger partial charge in [0.05, 0.1) is 25.4 Å². The Balaban J connectivity index is 1.72. The fourth-order valence-electron chi connectivity index (χ4n) is 2.19. The van der Waals surface area contributed by atoms with Gasteiger partial charge >= 0.3 is 0 Å². The minimum absolute atomic E-state index is 0.301. The Morgan fingerprint density at radius 3 is 1.56 bits per heavy atom. The van der Waals surface area contributed by atoms with E-state index >= 15 is 0 Å². The van der Waals surface area contributed by atoms with Crippen molar-refractivity contribution in [2.45, 2.75) is 38.9 Å². The fraction of sp³-hybridized carbons (Fsp3) is 0.714. The van der Waals surface area contributed by atoms with Crippen LogP contribution in [-0.4, -0.2) is 25.4 Å². The molecular weight excluding hydrogens is 200 g/mol. The third-order valence-corrected chi connectivity index (χ3v) is 3.36. The molecule has 0 radical (unpaired) electrons. The van der Waals surface area contributed by atoms with E-state index < -0.39 is 0 Å². The maximum Gasteiger partial charge on any atom is 0.0728 e. The molecule has 2 heteroatoms. The van der Waals surface area contributed by atoms with Gasteiger partial charge in [0.2, 0.25) is 0 Å². The molecule has 2 aliphatic rings. The molecular formula is C14H22O2. The van der Waals surface area contributed by atoms with Crippen molar-refractivity contribution in [2.24, 2.45) is 11.8 Å². The summed E-state index contributed by atoms with van der Waals surface area (Å²) in [6, 6.07) is 0. The van der Waals surface area contributed by atoms with Gasteiger partial charge in [-0.05, 0) is 26.7 Å². The summed E-state index contributed by atoms with van der Waals surface area (Å²) in [5.41, 5.74) is 0. The lowest BCUT2D eigenvalue weighted by Crippen LogP contribution is -2.21. The second-order valence-electron chi connectivity index (χ2n) is 4.94. The smallest absolute Gasteiger partial charge is 0.0728 e. The molecule has 0 saturated heterocycles. The molecule has 0 aliphatic carbocycles. The lowest BCUT2D eigenvalue weighted by Gasteiger charge is -2.25. The molecule has 0 aromatic heterocycles. The lowest BCUT2D eigenvalue weighted by atomic mass is 9.93. The second kappa shape index (κ2) is 5.65. The summed E-state index contributed by atoms with van der Waals surface area (Å²) in [4.78, 5) is 0. The van der Waals surface area contributed by atoms with Gasteiger partial charge in [0.1, 0.15) is 0 Å². The minimum Gasteiger partial charge on any atom is -0.374 e. The Kier molecular flexibility index (Phi) is 4.19. The first-order valence-electron chi connectivity index (χ1n) is 6.34. The van der Waals surface area contributed by atoms with Gasteiger partial charge in [-0.25, -0.2) is 0 Å². The molecule has 0 fully saturated rings. The third kappa shape index (κ3) is 3.46. The Bertz CT molecular complexity index is 242. The van der Waals surface area contributed by atoms with E-state index in [2.05, 4.69) is 38.2 Å². The van der Waals surface area contributed by atoms with Crippen LogP contribution in [0.25, 0.3) is 0 Å². The van der Waals surface area contributed by atoms with Crippen LogP contribution in [0.5, 0.6) is 0 Å². The molecule has 2 heterocycles. The average molecular weight is 222 g/mol. The SMILES string of the molecule is CC1C=CC(CCC2C=CC(C)OC2)CO1. The van der Waals surface area contributed by atoms with E-state index in [0.717, 1.165) is 13.2 Å². The first-order valence-corrected chi connectivity index (χ1v) is 6.34. The van der Waals surface area contributed by atoms with Gasteiger partial charge in [0.25, 0.3) is 0 Å². The van der Waals surface area contributed by atoms with E-state index in [0.29, 0.717) is 24.0 Å². The van der Waals surface area contributed by atoms with Crippen molar-refractivity contribution in [3.8, 4) is 0 Å². The summed E-state index contributed by atoms with van der Waals surface area (Å²) in [5.74, 6) is 1.20. The molecule has 16 heavy (non-hydrogen) atoms. The predicted molar refractivity (Wildman–Crippen MR) is 65.3 cm³/mol. The van der Waals surface area contributed by atoms with Crippen molar-refractivity contribution in [1.82, 2.24) is 0 Å². The number of hydrogen-bond acceptors (Lipinski definition) is 2. The monoisotopic (exact) mass is 222 g/mol. The molecule has 2 rings (SSSR count). The first kappa shape index (κ1) is 11.9. The zero-order valence-corrected chi connectivity index (χ0v) is 10.3. The van der Waals surface area contributed by atoms with Gasteiger partial charge in [-0.2, -0.15) is 0 Å². The number of hydrogen-bond donors (Lipinski definition) is 0. The largest absolute Gasteiger partial charge is 0.374 e. The van der Waals surface area contributed by atoms with Crippen LogP contribution in [0.4, 0.5) is 0 Å². The molecule has 90 valence electrons. The number of ether oxygens (including phenoxy) is 2. The first-order chi connectivity index (χ1) is 7.74. The molecule has 0 amide bonds. The predicted octanol–water partition coefficient (Wildman–Crippen LogP) is 2.95. The van der Waals surface area contributed by atoms with Crippen LogP contribution in [-0.2, 0) is 9.47 Å². The van der Waals surface area contributed by atoms with E-state index in [9.17, 15) is 0 Å². The highest BCUT2D eigenvalue weighted by atomic mass is 16.5. The zero-order valence-electron chi connectivity index (χ0n) is 10.3. The maximum absolute atomic E-state index is 5.61. The van der Waals surface area contributed by atoms with Gasteiger partial charge in [-0.1, -0.05) is 24.3 Å². The summed E-state index contributed by atoms with van der Waals surface area (Å²) < 4.78 is 11.2. The molecule has 2 aliphatic heterocycles. The summed E-state index contributed by atoms with van der Waals surface area (Å²) in [5, 5.41) is 0. The van der Waals surface area contributed by atoms with Crippen LogP contribution in [0.1, 0.15) is 26.7 Å². The normalized spacial score (nSPS) is 38.9. The molecule has 2 nitrogen and oxygen atoms in total. The molecule has 4 unspecified atom stereocenters. The minimum atomic E-state index is 0.301. The Labute approximate surface area is 98.3 Å². The molecule has 4 atom stereocenters. The van der Waals surface area contributed by atoms with E-state index in [4.69, 9.17) is 9.47 Å². The van der Waals surface area contributed by atoms with Gasteiger partial charge in [0.15, 0.2) is 0 Å². The molecule has 0 bridgehead atoms. The molecule has 0 aromatic rings. The zero-order chi connectivity index (χ0) is 11.4. The van der Waals surface area contributed by atoms with Crippen LogP contribution in [0.3, 0.4) is 0 Å². The molecule has 0 aromatic carbocycles.